The number of halogens is 2. The first kappa shape index (κ1) is 21.5. The molecule has 0 amide bonds. The van der Waals surface area contributed by atoms with Gasteiger partial charge >= 0.3 is 0 Å². The van der Waals surface area contributed by atoms with Gasteiger partial charge in [-0.3, -0.25) is 0 Å². The monoisotopic (exact) mass is 485 g/mol. The van der Waals surface area contributed by atoms with Crippen molar-refractivity contribution in [3.8, 4) is 5.75 Å². The molecular weight excluding hydrogens is 461 g/mol. The van der Waals surface area contributed by atoms with Gasteiger partial charge in [0.25, 0.3) is 0 Å². The van der Waals surface area contributed by atoms with E-state index in [1.165, 1.54) is 0 Å². The van der Waals surface area contributed by atoms with Crippen LogP contribution in [0.25, 0.3) is 0 Å². The number of hydrogen-bond donors (Lipinski definition) is 2. The molecule has 7 heteroatoms. The summed E-state index contributed by atoms with van der Waals surface area (Å²) in [7, 11) is 3.36. The Labute approximate surface area is 158 Å². The van der Waals surface area contributed by atoms with E-state index in [9.17, 15) is 0 Å². The Bertz CT molecular complexity index is 472. The summed E-state index contributed by atoms with van der Waals surface area (Å²) in [6.45, 7) is 6.07. The smallest absolute Gasteiger partial charge is 0.191 e. The molecule has 0 aliphatic carbocycles. The summed E-state index contributed by atoms with van der Waals surface area (Å²) in [6, 6.07) is 6.10. The molecular formula is C15H25BrIN3O2. The third-order valence-electron chi connectivity index (χ3n) is 2.79. The Hall–Kier alpha value is -0.540. The number of methoxy groups -OCH3 is 2. The molecule has 1 atom stereocenters. The maximum absolute atomic E-state index is 5.36. The molecule has 5 nitrogen and oxygen atoms in total. The van der Waals surface area contributed by atoms with Crippen molar-refractivity contribution >= 4 is 45.9 Å². The third-order valence-corrected chi connectivity index (χ3v) is 3.29. The molecule has 126 valence electrons. The molecule has 0 aliphatic heterocycles. The average molecular weight is 486 g/mol. The molecule has 1 aromatic carbocycles. The molecule has 0 heterocycles. The molecule has 0 spiro atoms. The van der Waals surface area contributed by atoms with Gasteiger partial charge in [-0.15, -0.1) is 24.0 Å². The minimum Gasteiger partial charge on any atom is -0.496 e. The second kappa shape index (κ2) is 12.0. The van der Waals surface area contributed by atoms with Crippen molar-refractivity contribution in [3.63, 3.8) is 0 Å². The first-order chi connectivity index (χ1) is 10.1. The lowest BCUT2D eigenvalue weighted by Crippen LogP contribution is -2.43. The van der Waals surface area contributed by atoms with Crippen LogP contribution in [0.4, 0.5) is 0 Å². The van der Waals surface area contributed by atoms with E-state index in [2.05, 4.69) is 38.5 Å². The van der Waals surface area contributed by atoms with E-state index >= 15 is 0 Å². The van der Waals surface area contributed by atoms with Gasteiger partial charge in [-0.05, 0) is 32.0 Å². The maximum atomic E-state index is 5.36. The predicted octanol–water partition coefficient (Wildman–Crippen LogP) is 3.17. The molecule has 0 bridgehead atoms. The summed E-state index contributed by atoms with van der Waals surface area (Å²) in [5.41, 5.74) is 1.03. The Morgan fingerprint density at radius 2 is 2.09 bits per heavy atom. The van der Waals surface area contributed by atoms with Gasteiger partial charge in [-0.2, -0.15) is 0 Å². The Kier molecular flexibility index (Phi) is 11.7. The highest BCUT2D eigenvalue weighted by atomic mass is 127. The van der Waals surface area contributed by atoms with Gasteiger partial charge in [-0.25, -0.2) is 4.99 Å². The average Bonchev–Trinajstić information content (AvgIpc) is 2.45. The summed E-state index contributed by atoms with van der Waals surface area (Å²) in [4.78, 5) is 4.59. The van der Waals surface area contributed by atoms with Gasteiger partial charge < -0.3 is 20.1 Å². The zero-order valence-electron chi connectivity index (χ0n) is 13.5. The van der Waals surface area contributed by atoms with Gasteiger partial charge in [-0.1, -0.05) is 15.9 Å². The molecule has 0 saturated heterocycles. The largest absolute Gasteiger partial charge is 0.496 e. The van der Waals surface area contributed by atoms with Crippen molar-refractivity contribution in [2.75, 3.05) is 27.4 Å². The second-order valence-electron chi connectivity index (χ2n) is 4.65. The van der Waals surface area contributed by atoms with Crippen molar-refractivity contribution < 1.29 is 9.47 Å². The van der Waals surface area contributed by atoms with Crippen LogP contribution in [0.3, 0.4) is 0 Å². The fourth-order valence-corrected chi connectivity index (χ4v) is 2.29. The molecule has 1 rings (SSSR count). The van der Waals surface area contributed by atoms with E-state index in [4.69, 9.17) is 9.47 Å². The number of guanidine groups is 1. The maximum Gasteiger partial charge on any atom is 0.191 e. The van der Waals surface area contributed by atoms with Crippen LogP contribution in [0.1, 0.15) is 19.4 Å². The van der Waals surface area contributed by atoms with E-state index in [1.54, 1.807) is 14.2 Å². The van der Waals surface area contributed by atoms with E-state index < -0.39 is 0 Å². The van der Waals surface area contributed by atoms with Crippen LogP contribution < -0.4 is 15.4 Å². The van der Waals surface area contributed by atoms with E-state index in [1.807, 2.05) is 25.1 Å². The Morgan fingerprint density at radius 1 is 1.36 bits per heavy atom. The lowest BCUT2D eigenvalue weighted by atomic mass is 10.2. The SMILES string of the molecule is CCNC(=NCc1cc(Br)ccc1OC)NC(C)COC.I. The van der Waals surface area contributed by atoms with Crippen LogP contribution in [0, 0.1) is 0 Å². The quantitative estimate of drug-likeness (QED) is 0.354. The molecule has 0 radical (unpaired) electrons. The van der Waals surface area contributed by atoms with Gasteiger partial charge in [0.15, 0.2) is 5.96 Å². The molecule has 0 aromatic heterocycles. The highest BCUT2D eigenvalue weighted by Crippen LogP contribution is 2.23. The number of hydrogen-bond acceptors (Lipinski definition) is 3. The van der Waals surface area contributed by atoms with Crippen molar-refractivity contribution in [1.82, 2.24) is 10.6 Å². The van der Waals surface area contributed by atoms with Crippen molar-refractivity contribution in [2.24, 2.45) is 4.99 Å². The summed E-state index contributed by atoms with van der Waals surface area (Å²) in [5.74, 6) is 1.60. The number of nitrogens with one attached hydrogen (secondary N) is 2. The minimum atomic E-state index is 0. The van der Waals surface area contributed by atoms with Crippen LogP contribution in [0.15, 0.2) is 27.7 Å². The normalized spacial score (nSPS) is 12.3. The number of rotatable bonds is 7. The van der Waals surface area contributed by atoms with E-state index in [0.29, 0.717) is 13.2 Å². The molecule has 22 heavy (non-hydrogen) atoms. The Morgan fingerprint density at radius 3 is 2.68 bits per heavy atom. The van der Waals surface area contributed by atoms with Crippen LogP contribution in [0.2, 0.25) is 0 Å². The van der Waals surface area contributed by atoms with Crippen LogP contribution in [-0.2, 0) is 11.3 Å². The number of ether oxygens (including phenoxy) is 2. The lowest BCUT2D eigenvalue weighted by Gasteiger charge is -2.17. The summed E-state index contributed by atoms with van der Waals surface area (Å²) in [5, 5.41) is 6.53. The molecule has 1 unspecified atom stereocenters. The predicted molar refractivity (Wildman–Crippen MR) is 105 cm³/mol. The van der Waals surface area contributed by atoms with Crippen molar-refractivity contribution in [2.45, 2.75) is 26.4 Å². The fourth-order valence-electron chi connectivity index (χ4n) is 1.88. The highest BCUT2D eigenvalue weighted by molar-refractivity contribution is 14.0. The number of aliphatic imine (C=N–C) groups is 1. The van der Waals surface area contributed by atoms with Gasteiger partial charge in [0.2, 0.25) is 0 Å². The summed E-state index contributed by atoms with van der Waals surface area (Å²) < 4.78 is 11.5. The Balaban J connectivity index is 0.00000441. The minimum absolute atomic E-state index is 0. The van der Waals surface area contributed by atoms with Gasteiger partial charge in [0.05, 0.1) is 20.3 Å². The van der Waals surface area contributed by atoms with E-state index in [-0.39, 0.29) is 30.0 Å². The zero-order chi connectivity index (χ0) is 15.7. The summed E-state index contributed by atoms with van der Waals surface area (Å²) in [6.07, 6.45) is 0. The van der Waals surface area contributed by atoms with Gasteiger partial charge in [0, 0.05) is 29.7 Å². The molecule has 0 fully saturated rings. The van der Waals surface area contributed by atoms with Crippen molar-refractivity contribution in [1.29, 1.82) is 0 Å². The van der Waals surface area contributed by atoms with Crippen LogP contribution >= 0.6 is 39.9 Å². The van der Waals surface area contributed by atoms with Crippen LogP contribution in [-0.4, -0.2) is 39.4 Å². The first-order valence-electron chi connectivity index (χ1n) is 6.96. The fraction of sp³-hybridized carbons (Fsp3) is 0.533. The highest BCUT2D eigenvalue weighted by Gasteiger charge is 2.06. The number of benzene rings is 1. The lowest BCUT2D eigenvalue weighted by molar-refractivity contribution is 0.179. The molecule has 1 aromatic rings. The molecule has 2 N–H and O–H groups in total. The second-order valence-corrected chi connectivity index (χ2v) is 5.57. The van der Waals surface area contributed by atoms with E-state index in [0.717, 1.165) is 28.3 Å². The molecule has 0 saturated carbocycles. The standard InChI is InChI=1S/C15H24BrN3O2.HI/c1-5-17-15(19-11(2)10-20-3)18-9-12-8-13(16)6-7-14(12)21-4;/h6-8,11H,5,9-10H2,1-4H3,(H2,17,18,19);1H. The molecule has 0 aliphatic rings. The number of nitrogens with zero attached hydrogens (tertiary/aromatic N) is 1. The summed E-state index contributed by atoms with van der Waals surface area (Å²) >= 11 is 3.47. The zero-order valence-corrected chi connectivity index (χ0v) is 17.4. The third kappa shape index (κ3) is 7.64. The van der Waals surface area contributed by atoms with Crippen LogP contribution in [0.5, 0.6) is 5.75 Å². The topological polar surface area (TPSA) is 54.9 Å². The first-order valence-corrected chi connectivity index (χ1v) is 7.76. The van der Waals surface area contributed by atoms with Gasteiger partial charge in [0.1, 0.15) is 5.75 Å². The van der Waals surface area contributed by atoms with Crippen molar-refractivity contribution in [3.05, 3.63) is 28.2 Å².